The predicted octanol–water partition coefficient (Wildman–Crippen LogP) is 1.83. The molecule has 1 saturated heterocycles. The van der Waals surface area contributed by atoms with Crippen LogP contribution in [0.15, 0.2) is 22.7 Å². The molecule has 0 bridgehead atoms. The molecule has 21 heavy (non-hydrogen) atoms. The van der Waals surface area contributed by atoms with Crippen LogP contribution in [0.25, 0.3) is 0 Å². The van der Waals surface area contributed by atoms with E-state index < -0.39 is 21.8 Å². The van der Waals surface area contributed by atoms with Gasteiger partial charge in [0.25, 0.3) is 0 Å². The number of aliphatic carboxylic acids is 1. The van der Waals surface area contributed by atoms with E-state index in [0.717, 1.165) is 15.6 Å². The zero-order valence-electron chi connectivity index (χ0n) is 11.8. The molecule has 2 rings (SSSR count). The van der Waals surface area contributed by atoms with Crippen molar-refractivity contribution in [2.75, 3.05) is 18.1 Å². The zero-order valence-corrected chi connectivity index (χ0v) is 14.2. The van der Waals surface area contributed by atoms with Gasteiger partial charge < -0.3 is 5.11 Å². The van der Waals surface area contributed by atoms with Crippen molar-refractivity contribution in [3.63, 3.8) is 0 Å². The van der Waals surface area contributed by atoms with E-state index in [1.807, 2.05) is 30.0 Å². The lowest BCUT2D eigenvalue weighted by molar-refractivity contribution is -0.138. The SMILES string of the molecule is Cc1cc(CN2CCS(=O)(=O)CC2CC(=O)O)ccc1Br. The third-order valence-corrected chi connectivity index (χ3v) is 6.26. The Labute approximate surface area is 133 Å². The number of nitrogens with zero attached hydrogens (tertiary/aromatic N) is 1. The Morgan fingerprint density at radius 2 is 2.19 bits per heavy atom. The van der Waals surface area contributed by atoms with Gasteiger partial charge in [-0.25, -0.2) is 8.42 Å². The van der Waals surface area contributed by atoms with E-state index in [4.69, 9.17) is 5.11 Å². The molecule has 1 N–H and O–H groups in total. The summed E-state index contributed by atoms with van der Waals surface area (Å²) in [5.41, 5.74) is 2.16. The first-order valence-corrected chi connectivity index (χ1v) is 9.29. The number of carboxylic acids is 1. The molecular formula is C14H18BrNO4S. The molecule has 0 amide bonds. The molecule has 0 aromatic heterocycles. The van der Waals surface area contributed by atoms with Crippen molar-refractivity contribution in [3.05, 3.63) is 33.8 Å². The number of sulfone groups is 1. The molecular weight excluding hydrogens is 358 g/mol. The molecule has 1 aromatic rings. The van der Waals surface area contributed by atoms with E-state index in [1.54, 1.807) is 0 Å². The summed E-state index contributed by atoms with van der Waals surface area (Å²) in [4.78, 5) is 12.9. The molecule has 5 nitrogen and oxygen atoms in total. The molecule has 1 aromatic carbocycles. The summed E-state index contributed by atoms with van der Waals surface area (Å²) >= 11 is 3.44. The minimum absolute atomic E-state index is 0.0746. The topological polar surface area (TPSA) is 74.7 Å². The molecule has 116 valence electrons. The highest BCUT2D eigenvalue weighted by Gasteiger charge is 2.32. The number of halogens is 1. The Hall–Kier alpha value is -0.920. The molecule has 1 heterocycles. The summed E-state index contributed by atoms with van der Waals surface area (Å²) in [6, 6.07) is 5.51. The van der Waals surface area contributed by atoms with E-state index in [1.165, 1.54) is 0 Å². The van der Waals surface area contributed by atoms with Gasteiger partial charge >= 0.3 is 5.97 Å². The summed E-state index contributed by atoms with van der Waals surface area (Å²) in [5, 5.41) is 8.97. The van der Waals surface area contributed by atoms with Gasteiger partial charge in [0.1, 0.15) is 0 Å². The molecule has 1 aliphatic heterocycles. The average Bonchev–Trinajstić information content (AvgIpc) is 2.36. The van der Waals surface area contributed by atoms with Crippen molar-refractivity contribution in [1.82, 2.24) is 4.90 Å². The van der Waals surface area contributed by atoms with Crippen LogP contribution in [0, 0.1) is 6.92 Å². The molecule has 1 fully saturated rings. The fourth-order valence-corrected chi connectivity index (χ4v) is 4.40. The first kappa shape index (κ1) is 16.5. The van der Waals surface area contributed by atoms with E-state index >= 15 is 0 Å². The van der Waals surface area contributed by atoms with Crippen LogP contribution in [0.2, 0.25) is 0 Å². The Kier molecular flexibility index (Phi) is 5.06. The Morgan fingerprint density at radius 3 is 2.81 bits per heavy atom. The van der Waals surface area contributed by atoms with E-state index in [9.17, 15) is 13.2 Å². The van der Waals surface area contributed by atoms with Crippen molar-refractivity contribution in [1.29, 1.82) is 0 Å². The van der Waals surface area contributed by atoms with E-state index in [-0.39, 0.29) is 17.9 Å². The maximum Gasteiger partial charge on any atom is 0.304 e. The van der Waals surface area contributed by atoms with Crippen LogP contribution >= 0.6 is 15.9 Å². The van der Waals surface area contributed by atoms with Gasteiger partial charge in [-0.2, -0.15) is 0 Å². The lowest BCUT2D eigenvalue weighted by Crippen LogP contribution is -2.48. The van der Waals surface area contributed by atoms with Crippen molar-refractivity contribution < 1.29 is 18.3 Å². The lowest BCUT2D eigenvalue weighted by Gasteiger charge is -2.34. The Morgan fingerprint density at radius 1 is 1.48 bits per heavy atom. The second kappa shape index (κ2) is 6.46. The minimum Gasteiger partial charge on any atom is -0.481 e. The second-order valence-corrected chi connectivity index (χ2v) is 8.50. The van der Waals surface area contributed by atoms with Gasteiger partial charge in [0.05, 0.1) is 17.9 Å². The highest BCUT2D eigenvalue weighted by atomic mass is 79.9. The zero-order chi connectivity index (χ0) is 15.6. The summed E-state index contributed by atoms with van der Waals surface area (Å²) in [6.45, 7) is 2.94. The van der Waals surface area contributed by atoms with Gasteiger partial charge in [-0.1, -0.05) is 28.1 Å². The van der Waals surface area contributed by atoms with Crippen LogP contribution in [0.5, 0.6) is 0 Å². The molecule has 7 heteroatoms. The van der Waals surface area contributed by atoms with Crippen LogP contribution in [0.4, 0.5) is 0 Å². The molecule has 1 unspecified atom stereocenters. The predicted molar refractivity (Wildman–Crippen MR) is 84.0 cm³/mol. The van der Waals surface area contributed by atoms with Crippen molar-refractivity contribution in [2.45, 2.75) is 25.9 Å². The molecule has 1 atom stereocenters. The van der Waals surface area contributed by atoms with Crippen molar-refractivity contribution in [3.8, 4) is 0 Å². The van der Waals surface area contributed by atoms with Crippen molar-refractivity contribution >= 4 is 31.7 Å². The third kappa shape index (κ3) is 4.52. The van der Waals surface area contributed by atoms with Crippen LogP contribution in [0.1, 0.15) is 17.5 Å². The highest BCUT2D eigenvalue weighted by Crippen LogP contribution is 2.21. The fraction of sp³-hybridized carbons (Fsp3) is 0.500. The van der Waals surface area contributed by atoms with Crippen LogP contribution in [-0.4, -0.2) is 48.5 Å². The van der Waals surface area contributed by atoms with Gasteiger partial charge in [0.15, 0.2) is 9.84 Å². The number of carboxylic acid groups (broad SMARTS) is 1. The summed E-state index contributed by atoms with van der Waals surface area (Å²) in [6.07, 6.45) is -0.144. The largest absolute Gasteiger partial charge is 0.481 e. The monoisotopic (exact) mass is 375 g/mol. The molecule has 0 aliphatic carbocycles. The molecule has 0 spiro atoms. The number of carbonyl (C=O) groups is 1. The van der Waals surface area contributed by atoms with Gasteiger partial charge in [0, 0.05) is 23.6 Å². The molecule has 0 radical (unpaired) electrons. The molecule has 0 saturated carbocycles. The second-order valence-electron chi connectivity index (χ2n) is 5.42. The molecule has 1 aliphatic rings. The minimum atomic E-state index is -3.13. The van der Waals surface area contributed by atoms with Crippen LogP contribution in [-0.2, 0) is 21.2 Å². The number of rotatable bonds is 4. The average molecular weight is 376 g/mol. The first-order valence-electron chi connectivity index (χ1n) is 6.68. The van der Waals surface area contributed by atoms with Gasteiger partial charge in [-0.15, -0.1) is 0 Å². The Balaban J connectivity index is 2.15. The van der Waals surface area contributed by atoms with Crippen LogP contribution < -0.4 is 0 Å². The van der Waals surface area contributed by atoms with E-state index in [2.05, 4.69) is 15.9 Å². The highest BCUT2D eigenvalue weighted by molar-refractivity contribution is 9.10. The smallest absolute Gasteiger partial charge is 0.304 e. The maximum absolute atomic E-state index is 11.7. The normalized spacial score (nSPS) is 22.1. The number of hydrogen-bond donors (Lipinski definition) is 1. The number of benzene rings is 1. The summed E-state index contributed by atoms with van der Waals surface area (Å²) < 4.78 is 24.4. The van der Waals surface area contributed by atoms with Crippen molar-refractivity contribution in [2.24, 2.45) is 0 Å². The van der Waals surface area contributed by atoms with Gasteiger partial charge in [-0.3, -0.25) is 9.69 Å². The lowest BCUT2D eigenvalue weighted by atomic mass is 10.1. The third-order valence-electron chi connectivity index (χ3n) is 3.67. The van der Waals surface area contributed by atoms with Gasteiger partial charge in [0.2, 0.25) is 0 Å². The Bertz CT molecular complexity index is 644. The number of aryl methyl sites for hydroxylation is 1. The van der Waals surface area contributed by atoms with Crippen LogP contribution in [0.3, 0.4) is 0 Å². The fourth-order valence-electron chi connectivity index (χ4n) is 2.56. The quantitative estimate of drug-likeness (QED) is 0.868. The van der Waals surface area contributed by atoms with E-state index in [0.29, 0.717) is 13.1 Å². The summed E-state index contributed by atoms with van der Waals surface area (Å²) in [5.74, 6) is -0.943. The van der Waals surface area contributed by atoms with Gasteiger partial charge in [-0.05, 0) is 24.1 Å². The maximum atomic E-state index is 11.7. The summed E-state index contributed by atoms with van der Waals surface area (Å²) in [7, 11) is -3.13. The standard InChI is InChI=1S/C14H18BrNO4S/c1-10-6-11(2-3-13(10)15)8-16-4-5-21(19,20)9-12(16)7-14(17)18/h2-3,6,12H,4-5,7-9H2,1H3,(H,17,18). The first-order chi connectivity index (χ1) is 9.77. The number of hydrogen-bond acceptors (Lipinski definition) is 4.